The summed E-state index contributed by atoms with van der Waals surface area (Å²) in [7, 11) is 0. The molecule has 0 saturated carbocycles. The number of thiophene rings is 1. The normalized spacial score (nSPS) is 10.8. The smallest absolute Gasteiger partial charge is 0.349 e. The third-order valence-electron chi connectivity index (χ3n) is 5.10. The molecule has 2 heterocycles. The number of nitro benzene ring substituents is 1. The molecule has 4 rings (SSSR count). The molecule has 0 bridgehead atoms. The van der Waals surface area contributed by atoms with E-state index in [0.29, 0.717) is 27.0 Å². The minimum absolute atomic E-state index is 0.0949. The third kappa shape index (κ3) is 4.86. The maximum absolute atomic E-state index is 13.1. The molecule has 178 valence electrons. The Bertz CT molecular complexity index is 1540. The van der Waals surface area contributed by atoms with Crippen molar-refractivity contribution in [2.75, 3.05) is 11.9 Å². The van der Waals surface area contributed by atoms with Gasteiger partial charge in [0, 0.05) is 32.4 Å². The minimum atomic E-state index is -0.820. The zero-order chi connectivity index (χ0) is 25.3. The van der Waals surface area contributed by atoms with Crippen molar-refractivity contribution in [2.24, 2.45) is 0 Å². The van der Waals surface area contributed by atoms with Crippen LogP contribution in [0.25, 0.3) is 22.1 Å². The highest BCUT2D eigenvalue weighted by atomic mass is 79.9. The Labute approximate surface area is 210 Å². The first-order chi connectivity index (χ1) is 16.7. The van der Waals surface area contributed by atoms with Gasteiger partial charge in [-0.15, -0.1) is 11.3 Å². The Morgan fingerprint density at radius 1 is 1.17 bits per heavy atom. The number of fused-ring (bicyclic) bond motifs is 1. The summed E-state index contributed by atoms with van der Waals surface area (Å²) in [5.41, 5.74) is 0.310. The zero-order valence-electron chi connectivity index (χ0n) is 18.4. The molecule has 0 saturated heterocycles. The van der Waals surface area contributed by atoms with Crippen LogP contribution in [-0.4, -0.2) is 23.4 Å². The van der Waals surface area contributed by atoms with E-state index in [-0.39, 0.29) is 28.4 Å². The van der Waals surface area contributed by atoms with E-state index in [1.165, 1.54) is 30.3 Å². The van der Waals surface area contributed by atoms with Crippen LogP contribution in [0.4, 0.5) is 10.7 Å². The van der Waals surface area contributed by atoms with Crippen molar-refractivity contribution >= 4 is 60.8 Å². The maximum atomic E-state index is 13.1. The van der Waals surface area contributed by atoms with Crippen LogP contribution in [0.3, 0.4) is 0 Å². The second kappa shape index (κ2) is 9.80. The van der Waals surface area contributed by atoms with Gasteiger partial charge in [-0.3, -0.25) is 14.9 Å². The largest absolute Gasteiger partial charge is 0.462 e. The van der Waals surface area contributed by atoms with Crippen molar-refractivity contribution in [2.45, 2.75) is 13.8 Å². The van der Waals surface area contributed by atoms with Gasteiger partial charge >= 0.3 is 11.6 Å². The van der Waals surface area contributed by atoms with Crippen molar-refractivity contribution < 1.29 is 23.7 Å². The Morgan fingerprint density at radius 3 is 2.54 bits per heavy atom. The first-order valence-electron chi connectivity index (χ1n) is 10.3. The highest BCUT2D eigenvalue weighted by molar-refractivity contribution is 9.10. The number of carbonyl (C=O) groups is 2. The number of rotatable bonds is 6. The predicted molar refractivity (Wildman–Crippen MR) is 135 cm³/mol. The first kappa shape index (κ1) is 24.3. The van der Waals surface area contributed by atoms with E-state index in [0.717, 1.165) is 15.8 Å². The molecule has 0 aliphatic heterocycles. The van der Waals surface area contributed by atoms with Gasteiger partial charge in [-0.2, -0.15) is 0 Å². The molecule has 9 nitrogen and oxygen atoms in total. The van der Waals surface area contributed by atoms with E-state index < -0.39 is 22.4 Å². The van der Waals surface area contributed by atoms with Crippen molar-refractivity contribution in [3.05, 3.63) is 89.5 Å². The Balaban J connectivity index is 1.78. The second-order valence-corrected chi connectivity index (χ2v) is 9.49. The van der Waals surface area contributed by atoms with Crippen molar-refractivity contribution in [3.63, 3.8) is 0 Å². The summed E-state index contributed by atoms with van der Waals surface area (Å²) in [5.74, 6) is -1.42. The molecule has 0 aliphatic rings. The fourth-order valence-electron chi connectivity index (χ4n) is 3.55. The summed E-state index contributed by atoms with van der Waals surface area (Å²) in [6.45, 7) is 3.50. The molecule has 0 radical (unpaired) electrons. The van der Waals surface area contributed by atoms with Crippen LogP contribution in [0.15, 0.2) is 62.2 Å². The highest BCUT2D eigenvalue weighted by Crippen LogP contribution is 2.41. The quantitative estimate of drug-likeness (QED) is 0.135. The number of nitrogens with zero attached hydrogens (tertiary/aromatic N) is 1. The van der Waals surface area contributed by atoms with Crippen molar-refractivity contribution in [1.29, 1.82) is 0 Å². The van der Waals surface area contributed by atoms with Crippen molar-refractivity contribution in [3.8, 4) is 11.1 Å². The molecule has 0 unspecified atom stereocenters. The molecule has 0 fully saturated rings. The van der Waals surface area contributed by atoms with Crippen LogP contribution in [0.2, 0.25) is 0 Å². The summed E-state index contributed by atoms with van der Waals surface area (Å²) in [4.78, 5) is 49.6. The number of benzene rings is 2. The number of ether oxygens (including phenoxy) is 1. The van der Waals surface area contributed by atoms with Gasteiger partial charge in [0.05, 0.1) is 11.5 Å². The molecule has 2 aromatic carbocycles. The van der Waals surface area contributed by atoms with Gasteiger partial charge in [0.15, 0.2) is 0 Å². The topological polar surface area (TPSA) is 129 Å². The molecule has 0 spiro atoms. The van der Waals surface area contributed by atoms with Gasteiger partial charge < -0.3 is 14.5 Å². The van der Waals surface area contributed by atoms with Gasteiger partial charge in [0.25, 0.3) is 11.6 Å². The number of nitro groups is 1. The number of aryl methyl sites for hydroxylation is 1. The first-order valence-corrected chi connectivity index (χ1v) is 11.9. The number of hydrogen-bond donors (Lipinski definition) is 1. The maximum Gasteiger partial charge on any atom is 0.349 e. The lowest BCUT2D eigenvalue weighted by atomic mass is 10.0. The fourth-order valence-corrected chi connectivity index (χ4v) is 4.99. The van der Waals surface area contributed by atoms with E-state index in [1.807, 2.05) is 0 Å². The SMILES string of the molecule is CCOC(=O)c1c(NC(=O)c2cc3cc(Br)ccc3oc2=O)sc(C)c1-c1ccc([N+](=O)[O-])cc1. The van der Waals surface area contributed by atoms with E-state index >= 15 is 0 Å². The van der Waals surface area contributed by atoms with Gasteiger partial charge in [-0.25, -0.2) is 9.59 Å². The lowest BCUT2D eigenvalue weighted by Crippen LogP contribution is -2.21. The summed E-state index contributed by atoms with van der Waals surface area (Å²) < 4.78 is 11.2. The number of hydrogen-bond acceptors (Lipinski definition) is 8. The number of carbonyl (C=O) groups excluding carboxylic acids is 2. The van der Waals surface area contributed by atoms with Crippen molar-refractivity contribution in [1.82, 2.24) is 0 Å². The van der Waals surface area contributed by atoms with Crippen LogP contribution in [-0.2, 0) is 4.74 Å². The van der Waals surface area contributed by atoms with E-state index in [1.54, 1.807) is 32.0 Å². The second-order valence-electron chi connectivity index (χ2n) is 7.35. The molecule has 11 heteroatoms. The van der Waals surface area contributed by atoms with E-state index in [2.05, 4.69) is 21.2 Å². The van der Waals surface area contributed by atoms with Crippen LogP contribution in [0, 0.1) is 17.0 Å². The predicted octanol–water partition coefficient (Wildman–Crippen LogP) is 5.93. The monoisotopic (exact) mass is 556 g/mol. The average Bonchev–Trinajstić information content (AvgIpc) is 3.14. The van der Waals surface area contributed by atoms with Crippen LogP contribution < -0.4 is 10.9 Å². The summed E-state index contributed by atoms with van der Waals surface area (Å²) in [6.07, 6.45) is 0. The average molecular weight is 557 g/mol. The van der Waals surface area contributed by atoms with Gasteiger partial charge in [0.1, 0.15) is 21.7 Å². The van der Waals surface area contributed by atoms with Crippen LogP contribution >= 0.6 is 27.3 Å². The molecular weight excluding hydrogens is 540 g/mol. The van der Waals surface area contributed by atoms with Gasteiger partial charge in [0.2, 0.25) is 0 Å². The minimum Gasteiger partial charge on any atom is -0.462 e. The lowest BCUT2D eigenvalue weighted by molar-refractivity contribution is -0.384. The fraction of sp³-hybridized carbons (Fsp3) is 0.125. The van der Waals surface area contributed by atoms with E-state index in [4.69, 9.17) is 9.15 Å². The van der Waals surface area contributed by atoms with Crippen LogP contribution in [0.5, 0.6) is 0 Å². The Hall–Kier alpha value is -3.83. The molecule has 0 atom stereocenters. The summed E-state index contributed by atoms with van der Waals surface area (Å²) >= 11 is 4.47. The highest BCUT2D eigenvalue weighted by Gasteiger charge is 2.27. The number of non-ortho nitro benzene ring substituents is 1. The van der Waals surface area contributed by atoms with Crippen LogP contribution in [0.1, 0.15) is 32.5 Å². The number of anilines is 1. The zero-order valence-corrected chi connectivity index (χ0v) is 20.8. The lowest BCUT2D eigenvalue weighted by Gasteiger charge is -2.09. The van der Waals surface area contributed by atoms with Gasteiger partial charge in [-0.1, -0.05) is 15.9 Å². The third-order valence-corrected chi connectivity index (χ3v) is 6.61. The standard InChI is InChI=1S/C24H17BrN2O7S/c1-3-33-24(30)20-19(13-4-7-16(8-5-13)27(31)32)12(2)35-22(20)26-21(28)17-11-14-10-15(25)6-9-18(14)34-23(17)29/h4-11H,3H2,1-2H3,(H,26,28). The molecule has 2 aromatic heterocycles. The molecule has 1 N–H and O–H groups in total. The van der Waals surface area contributed by atoms with E-state index in [9.17, 15) is 24.5 Å². The molecule has 35 heavy (non-hydrogen) atoms. The number of esters is 1. The van der Waals surface area contributed by atoms with Gasteiger partial charge in [-0.05, 0) is 55.8 Å². The summed E-state index contributed by atoms with van der Waals surface area (Å²) in [5, 5.41) is 14.4. The number of nitrogens with one attached hydrogen (secondary N) is 1. The number of halogens is 1. The molecule has 1 amide bonds. The molecule has 4 aromatic rings. The molecular formula is C24H17BrN2O7S. The number of amides is 1. The summed E-state index contributed by atoms with van der Waals surface area (Å²) in [6, 6.07) is 12.2. The Morgan fingerprint density at radius 2 is 1.89 bits per heavy atom. The molecule has 0 aliphatic carbocycles. The Kier molecular flexibility index (Phi) is 6.81.